The zero-order valence-corrected chi connectivity index (χ0v) is 10.1. The van der Waals surface area contributed by atoms with E-state index in [2.05, 4.69) is 4.98 Å². The van der Waals surface area contributed by atoms with Crippen LogP contribution in [0.3, 0.4) is 0 Å². The van der Waals surface area contributed by atoms with Gasteiger partial charge in [-0.25, -0.2) is 9.78 Å². The van der Waals surface area contributed by atoms with Gasteiger partial charge in [0.2, 0.25) is 0 Å². The number of hydrogen-bond donors (Lipinski definition) is 1. The van der Waals surface area contributed by atoms with Gasteiger partial charge >= 0.3 is 5.97 Å². The molecule has 0 saturated heterocycles. The van der Waals surface area contributed by atoms with Crippen molar-refractivity contribution in [1.82, 2.24) is 4.98 Å². The molecule has 0 amide bonds. The second-order valence-corrected chi connectivity index (χ2v) is 3.72. The maximum absolute atomic E-state index is 10.9. The predicted molar refractivity (Wildman–Crippen MR) is 64.3 cm³/mol. The summed E-state index contributed by atoms with van der Waals surface area (Å²) < 4.78 is 0. The molecule has 6 heteroatoms. The molecule has 0 aliphatic carbocycles. The van der Waals surface area contributed by atoms with Crippen LogP contribution >= 0.6 is 11.6 Å². The van der Waals surface area contributed by atoms with Crippen LogP contribution < -0.4 is 4.90 Å². The summed E-state index contributed by atoms with van der Waals surface area (Å²) in [5.41, 5.74) is 0.0204. The van der Waals surface area contributed by atoms with Gasteiger partial charge in [-0.15, -0.1) is 0 Å². The molecule has 5 nitrogen and oxygen atoms in total. The summed E-state index contributed by atoms with van der Waals surface area (Å²) in [5, 5.41) is 17.6. The first kappa shape index (κ1) is 13.3. The number of carboxylic acid groups (broad SMARTS) is 1. The molecule has 1 aromatic rings. The van der Waals surface area contributed by atoms with E-state index in [1.54, 1.807) is 0 Å². The maximum Gasteiger partial charge on any atom is 0.337 e. The molecule has 0 atom stereocenters. The minimum Gasteiger partial charge on any atom is -0.478 e. The minimum absolute atomic E-state index is 0.0204. The molecule has 0 fully saturated rings. The van der Waals surface area contributed by atoms with Gasteiger partial charge < -0.3 is 10.0 Å². The van der Waals surface area contributed by atoms with Gasteiger partial charge in [0, 0.05) is 19.3 Å². The highest BCUT2D eigenvalue weighted by Crippen LogP contribution is 2.20. The average molecular weight is 254 g/mol. The van der Waals surface area contributed by atoms with Crippen molar-refractivity contribution in [3.63, 3.8) is 0 Å². The molecule has 1 heterocycles. The van der Waals surface area contributed by atoms with Crippen LogP contribution in [-0.4, -0.2) is 29.1 Å². The van der Waals surface area contributed by atoms with E-state index < -0.39 is 5.97 Å². The lowest BCUT2D eigenvalue weighted by molar-refractivity contribution is 0.0697. The third-order valence-corrected chi connectivity index (χ3v) is 2.57. The second-order valence-electron chi connectivity index (χ2n) is 3.32. The Kier molecular flexibility index (Phi) is 4.73. The summed E-state index contributed by atoms with van der Waals surface area (Å²) in [6.07, 6.45) is 1.68. The molecule has 0 aliphatic heterocycles. The van der Waals surface area contributed by atoms with Crippen LogP contribution in [0.4, 0.5) is 5.82 Å². The van der Waals surface area contributed by atoms with Crippen LogP contribution in [0, 0.1) is 11.3 Å². The summed E-state index contributed by atoms with van der Waals surface area (Å²) >= 11 is 5.73. The fourth-order valence-corrected chi connectivity index (χ4v) is 1.57. The molecular formula is C11H12ClN3O2. The lowest BCUT2D eigenvalue weighted by Gasteiger charge is -2.20. The van der Waals surface area contributed by atoms with Gasteiger partial charge in [0.15, 0.2) is 0 Å². The standard InChI is InChI=1S/C11H12ClN3O2/c1-2-15(5-3-4-13)10-6-8(11(16)17)9(12)7-14-10/h6-7H,2-3,5H2,1H3,(H,16,17). The van der Waals surface area contributed by atoms with E-state index in [0.29, 0.717) is 25.3 Å². The highest BCUT2D eigenvalue weighted by atomic mass is 35.5. The van der Waals surface area contributed by atoms with Crippen LogP contribution in [0.2, 0.25) is 5.02 Å². The highest BCUT2D eigenvalue weighted by molar-refractivity contribution is 6.33. The number of carbonyl (C=O) groups is 1. The Bertz CT molecular complexity index is 457. The van der Waals surface area contributed by atoms with Crippen molar-refractivity contribution < 1.29 is 9.90 Å². The first-order valence-electron chi connectivity index (χ1n) is 5.10. The van der Waals surface area contributed by atoms with Gasteiger partial charge in [-0.05, 0) is 13.0 Å². The number of nitriles is 1. The number of anilines is 1. The largest absolute Gasteiger partial charge is 0.478 e. The minimum atomic E-state index is -1.09. The highest BCUT2D eigenvalue weighted by Gasteiger charge is 2.13. The lowest BCUT2D eigenvalue weighted by Crippen LogP contribution is -2.25. The van der Waals surface area contributed by atoms with Crippen molar-refractivity contribution in [3.8, 4) is 6.07 Å². The number of aromatic nitrogens is 1. The van der Waals surface area contributed by atoms with Crippen LogP contribution in [0.5, 0.6) is 0 Å². The van der Waals surface area contributed by atoms with E-state index in [0.717, 1.165) is 0 Å². The fraction of sp³-hybridized carbons (Fsp3) is 0.364. The third kappa shape index (κ3) is 3.33. The molecule has 0 saturated carbocycles. The van der Waals surface area contributed by atoms with Crippen molar-refractivity contribution in [2.75, 3.05) is 18.0 Å². The molecular weight excluding hydrogens is 242 g/mol. The summed E-state index contributed by atoms with van der Waals surface area (Å²) in [6, 6.07) is 3.46. The average Bonchev–Trinajstić information content (AvgIpc) is 2.31. The maximum atomic E-state index is 10.9. The SMILES string of the molecule is CCN(CCC#N)c1cc(C(=O)O)c(Cl)cn1. The molecule has 90 valence electrons. The molecule has 0 spiro atoms. The van der Waals surface area contributed by atoms with Gasteiger partial charge in [0.25, 0.3) is 0 Å². The van der Waals surface area contributed by atoms with E-state index in [1.807, 2.05) is 17.9 Å². The zero-order chi connectivity index (χ0) is 12.8. The van der Waals surface area contributed by atoms with Crippen molar-refractivity contribution in [2.24, 2.45) is 0 Å². The monoisotopic (exact) mass is 253 g/mol. The predicted octanol–water partition coefficient (Wildman–Crippen LogP) is 2.17. The Hall–Kier alpha value is -1.80. The topological polar surface area (TPSA) is 77.2 Å². The Morgan fingerprint density at radius 3 is 2.94 bits per heavy atom. The van der Waals surface area contributed by atoms with E-state index >= 15 is 0 Å². The number of pyridine rings is 1. The van der Waals surface area contributed by atoms with Gasteiger partial charge in [-0.1, -0.05) is 11.6 Å². The van der Waals surface area contributed by atoms with Crippen LogP contribution in [0.25, 0.3) is 0 Å². The Morgan fingerprint density at radius 1 is 1.71 bits per heavy atom. The number of rotatable bonds is 5. The molecule has 0 bridgehead atoms. The van der Waals surface area contributed by atoms with Crippen LogP contribution in [0.1, 0.15) is 23.7 Å². The quantitative estimate of drug-likeness (QED) is 0.870. The number of halogens is 1. The Balaban J connectivity index is 3.01. The van der Waals surface area contributed by atoms with Crippen molar-refractivity contribution in [2.45, 2.75) is 13.3 Å². The first-order valence-corrected chi connectivity index (χ1v) is 5.48. The van der Waals surface area contributed by atoms with E-state index in [4.69, 9.17) is 22.0 Å². The molecule has 0 aliphatic rings. The zero-order valence-electron chi connectivity index (χ0n) is 9.35. The Morgan fingerprint density at radius 2 is 2.41 bits per heavy atom. The van der Waals surface area contributed by atoms with Gasteiger partial charge in [-0.3, -0.25) is 0 Å². The van der Waals surface area contributed by atoms with E-state index in [9.17, 15) is 4.79 Å². The van der Waals surface area contributed by atoms with Gasteiger partial charge in [0.05, 0.1) is 23.1 Å². The van der Waals surface area contributed by atoms with E-state index in [-0.39, 0.29) is 10.6 Å². The van der Waals surface area contributed by atoms with Gasteiger partial charge in [-0.2, -0.15) is 5.26 Å². The first-order chi connectivity index (χ1) is 8.10. The number of hydrogen-bond acceptors (Lipinski definition) is 4. The third-order valence-electron chi connectivity index (χ3n) is 2.27. The fourth-order valence-electron chi connectivity index (χ4n) is 1.38. The smallest absolute Gasteiger partial charge is 0.337 e. The van der Waals surface area contributed by atoms with Gasteiger partial charge in [0.1, 0.15) is 5.82 Å². The second kappa shape index (κ2) is 6.06. The summed E-state index contributed by atoms with van der Waals surface area (Å²) in [4.78, 5) is 16.8. The number of nitrogens with zero attached hydrogens (tertiary/aromatic N) is 3. The summed E-state index contributed by atoms with van der Waals surface area (Å²) in [6.45, 7) is 3.07. The molecule has 1 N–H and O–H groups in total. The molecule has 1 aromatic heterocycles. The van der Waals surface area contributed by atoms with Crippen molar-refractivity contribution in [3.05, 3.63) is 22.8 Å². The van der Waals surface area contributed by atoms with E-state index in [1.165, 1.54) is 12.3 Å². The molecule has 0 aromatic carbocycles. The Labute approximate surface area is 104 Å². The van der Waals surface area contributed by atoms with Crippen LogP contribution in [0.15, 0.2) is 12.3 Å². The lowest BCUT2D eigenvalue weighted by atomic mass is 10.2. The van der Waals surface area contributed by atoms with Crippen LogP contribution in [-0.2, 0) is 0 Å². The molecule has 0 unspecified atom stereocenters. The van der Waals surface area contributed by atoms with Crippen molar-refractivity contribution in [1.29, 1.82) is 5.26 Å². The normalized spacial score (nSPS) is 9.71. The molecule has 0 radical (unpaired) electrons. The van der Waals surface area contributed by atoms with Crippen molar-refractivity contribution >= 4 is 23.4 Å². The molecule has 1 rings (SSSR count). The number of aromatic carboxylic acids is 1. The number of carboxylic acids is 1. The molecule has 17 heavy (non-hydrogen) atoms. The summed E-state index contributed by atoms with van der Waals surface area (Å²) in [7, 11) is 0. The summed E-state index contributed by atoms with van der Waals surface area (Å²) in [5.74, 6) is -0.570.